The van der Waals surface area contributed by atoms with Crippen molar-refractivity contribution in [1.82, 2.24) is 14.1 Å². The van der Waals surface area contributed by atoms with Crippen LogP contribution in [0.3, 0.4) is 0 Å². The first kappa shape index (κ1) is 25.2. The highest BCUT2D eigenvalue weighted by atomic mass is 32.2. The summed E-state index contributed by atoms with van der Waals surface area (Å²) in [6.07, 6.45) is 12.9. The molecule has 2 saturated heterocycles. The zero-order valence-corrected chi connectivity index (χ0v) is 22.2. The second-order valence-electron chi connectivity index (χ2n) is 11.4. The van der Waals surface area contributed by atoms with E-state index >= 15 is 0 Å². The van der Waals surface area contributed by atoms with Crippen LogP contribution in [-0.2, 0) is 14.8 Å². The van der Waals surface area contributed by atoms with E-state index in [1.54, 1.807) is 12.1 Å². The van der Waals surface area contributed by atoms with Crippen LogP contribution in [-0.4, -0.2) is 72.7 Å². The Labute approximate surface area is 212 Å². The van der Waals surface area contributed by atoms with Crippen molar-refractivity contribution in [1.29, 1.82) is 0 Å². The lowest BCUT2D eigenvalue weighted by atomic mass is 9.92. The third-order valence-electron chi connectivity index (χ3n) is 8.94. The molecule has 2 saturated carbocycles. The Morgan fingerprint density at radius 2 is 1.54 bits per heavy atom. The third-order valence-corrected chi connectivity index (χ3v) is 10.9. The second-order valence-corrected chi connectivity index (χ2v) is 13.2. The molecule has 35 heavy (non-hydrogen) atoms. The molecule has 2 atom stereocenters. The molecule has 5 rings (SSSR count). The average Bonchev–Trinajstić information content (AvgIpc) is 3.73. The minimum absolute atomic E-state index is 0.0758. The number of amides is 1. The molecule has 0 bridgehead atoms. The number of carbonyl (C=O) groups is 1. The molecule has 1 aromatic carbocycles. The molecule has 7 heteroatoms. The highest BCUT2D eigenvalue weighted by Crippen LogP contribution is 2.44. The van der Waals surface area contributed by atoms with Gasteiger partial charge in [-0.05, 0) is 69.9 Å². The number of nitrogens with zero attached hydrogens (tertiary/aromatic N) is 3. The van der Waals surface area contributed by atoms with Crippen LogP contribution in [0.4, 0.5) is 0 Å². The number of aryl methyl sites for hydroxylation is 1. The molecule has 2 aliphatic heterocycles. The van der Waals surface area contributed by atoms with Crippen LogP contribution in [0.25, 0.3) is 0 Å². The van der Waals surface area contributed by atoms with E-state index in [1.165, 1.54) is 32.1 Å². The third kappa shape index (κ3) is 5.78. The Hall–Kier alpha value is -1.44. The molecule has 2 unspecified atom stereocenters. The van der Waals surface area contributed by atoms with Gasteiger partial charge in [0.25, 0.3) is 0 Å². The first-order valence-electron chi connectivity index (χ1n) is 14.1. The molecule has 4 aliphatic rings. The summed E-state index contributed by atoms with van der Waals surface area (Å²) in [6, 6.07) is 7.99. The SMILES string of the molecule is Cc1ccc(S(=O)(=O)N2C(CCC(=O)N3CCN(C4CCCCC4)CC3)CCCC2C2CC2)cc1. The minimum Gasteiger partial charge on any atom is -0.340 e. The predicted octanol–water partition coefficient (Wildman–Crippen LogP) is 4.57. The number of piperazine rings is 1. The van der Waals surface area contributed by atoms with Gasteiger partial charge < -0.3 is 4.90 Å². The molecule has 1 aromatic rings. The summed E-state index contributed by atoms with van der Waals surface area (Å²) in [4.78, 5) is 18.2. The number of benzene rings is 1. The van der Waals surface area contributed by atoms with E-state index in [1.807, 2.05) is 28.3 Å². The van der Waals surface area contributed by atoms with Gasteiger partial charge in [0.05, 0.1) is 4.90 Å². The second kappa shape index (κ2) is 10.9. The molecular weight excluding hydrogens is 458 g/mol. The lowest BCUT2D eigenvalue weighted by Crippen LogP contribution is -2.53. The maximum Gasteiger partial charge on any atom is 0.243 e. The maximum absolute atomic E-state index is 13.8. The van der Waals surface area contributed by atoms with Crippen LogP contribution >= 0.6 is 0 Å². The molecule has 0 aromatic heterocycles. The van der Waals surface area contributed by atoms with Crippen LogP contribution in [0.5, 0.6) is 0 Å². The van der Waals surface area contributed by atoms with Gasteiger partial charge in [-0.2, -0.15) is 4.31 Å². The van der Waals surface area contributed by atoms with Crippen molar-refractivity contribution in [3.8, 4) is 0 Å². The first-order valence-corrected chi connectivity index (χ1v) is 15.5. The number of sulfonamides is 1. The van der Waals surface area contributed by atoms with Gasteiger partial charge in [-0.1, -0.05) is 43.4 Å². The summed E-state index contributed by atoms with van der Waals surface area (Å²) in [5, 5.41) is 0. The summed E-state index contributed by atoms with van der Waals surface area (Å²) in [7, 11) is -3.57. The average molecular weight is 502 g/mol. The zero-order valence-electron chi connectivity index (χ0n) is 21.4. The Morgan fingerprint density at radius 1 is 0.857 bits per heavy atom. The normalized spacial score (nSPS) is 27.7. The van der Waals surface area contributed by atoms with E-state index in [4.69, 9.17) is 0 Å². The molecule has 2 heterocycles. The van der Waals surface area contributed by atoms with Gasteiger partial charge in [-0.3, -0.25) is 9.69 Å². The van der Waals surface area contributed by atoms with Crippen molar-refractivity contribution in [2.24, 2.45) is 5.92 Å². The Kier molecular flexibility index (Phi) is 7.85. The maximum atomic E-state index is 13.8. The lowest BCUT2D eigenvalue weighted by molar-refractivity contribution is -0.133. The number of piperidine rings is 1. The first-order chi connectivity index (χ1) is 16.9. The molecule has 0 N–H and O–H groups in total. The minimum atomic E-state index is -3.57. The van der Waals surface area contributed by atoms with Gasteiger partial charge >= 0.3 is 0 Å². The fraction of sp³-hybridized carbons (Fsp3) is 0.750. The van der Waals surface area contributed by atoms with E-state index < -0.39 is 10.0 Å². The van der Waals surface area contributed by atoms with Crippen molar-refractivity contribution in [2.45, 2.75) is 107 Å². The van der Waals surface area contributed by atoms with Gasteiger partial charge in [0.1, 0.15) is 0 Å². The Balaban J connectivity index is 1.22. The van der Waals surface area contributed by atoms with Crippen molar-refractivity contribution >= 4 is 15.9 Å². The molecule has 0 spiro atoms. The molecule has 194 valence electrons. The number of hydrogen-bond donors (Lipinski definition) is 0. The molecule has 6 nitrogen and oxygen atoms in total. The number of carbonyl (C=O) groups excluding carboxylic acids is 1. The van der Waals surface area contributed by atoms with Gasteiger partial charge in [0.15, 0.2) is 0 Å². The van der Waals surface area contributed by atoms with E-state index in [9.17, 15) is 13.2 Å². The van der Waals surface area contributed by atoms with Crippen molar-refractivity contribution in [2.75, 3.05) is 26.2 Å². The molecular formula is C28H43N3O3S. The molecule has 1 amide bonds. The topological polar surface area (TPSA) is 60.9 Å². The van der Waals surface area contributed by atoms with Crippen LogP contribution in [0.2, 0.25) is 0 Å². The van der Waals surface area contributed by atoms with Crippen molar-refractivity contribution < 1.29 is 13.2 Å². The summed E-state index contributed by atoms with van der Waals surface area (Å²) in [5.74, 6) is 0.691. The van der Waals surface area contributed by atoms with Crippen LogP contribution in [0.15, 0.2) is 29.2 Å². The van der Waals surface area contributed by atoms with Gasteiger partial charge in [-0.25, -0.2) is 8.42 Å². The highest BCUT2D eigenvalue weighted by Gasteiger charge is 2.46. The summed E-state index contributed by atoms with van der Waals surface area (Å²) >= 11 is 0. The highest BCUT2D eigenvalue weighted by molar-refractivity contribution is 7.89. The monoisotopic (exact) mass is 501 g/mol. The number of hydrogen-bond acceptors (Lipinski definition) is 4. The molecule has 0 radical (unpaired) electrons. The van der Waals surface area contributed by atoms with Gasteiger partial charge in [-0.15, -0.1) is 0 Å². The van der Waals surface area contributed by atoms with Crippen LogP contribution in [0, 0.1) is 12.8 Å². The van der Waals surface area contributed by atoms with Crippen LogP contribution < -0.4 is 0 Å². The Bertz CT molecular complexity index is 962. The van der Waals surface area contributed by atoms with Crippen molar-refractivity contribution in [3.63, 3.8) is 0 Å². The fourth-order valence-electron chi connectivity index (χ4n) is 6.72. The summed E-state index contributed by atoms with van der Waals surface area (Å²) in [5.41, 5.74) is 1.06. The van der Waals surface area contributed by atoms with E-state index in [2.05, 4.69) is 4.90 Å². The summed E-state index contributed by atoms with van der Waals surface area (Å²) in [6.45, 7) is 5.58. The van der Waals surface area contributed by atoms with E-state index in [0.29, 0.717) is 29.7 Å². The fourth-order valence-corrected chi connectivity index (χ4v) is 8.68. The Morgan fingerprint density at radius 3 is 2.20 bits per heavy atom. The standard InChI is InChI=1S/C28H43N3O3S/c1-22-10-15-26(16-11-22)35(33,34)31-25(8-5-9-27(31)23-12-13-23)14-17-28(32)30-20-18-29(19-21-30)24-6-3-2-4-7-24/h10-11,15-16,23-25,27H,2-9,12-14,17-21H2,1H3. The van der Waals surface area contributed by atoms with Gasteiger partial charge in [0, 0.05) is 50.7 Å². The quantitative estimate of drug-likeness (QED) is 0.549. The largest absolute Gasteiger partial charge is 0.340 e. The van der Waals surface area contributed by atoms with E-state index in [0.717, 1.165) is 63.8 Å². The molecule has 4 fully saturated rings. The zero-order chi connectivity index (χ0) is 24.4. The van der Waals surface area contributed by atoms with Crippen molar-refractivity contribution in [3.05, 3.63) is 29.8 Å². The van der Waals surface area contributed by atoms with E-state index in [-0.39, 0.29) is 18.0 Å². The molecule has 2 aliphatic carbocycles. The number of rotatable bonds is 7. The van der Waals surface area contributed by atoms with Crippen LogP contribution in [0.1, 0.15) is 82.6 Å². The lowest BCUT2D eigenvalue weighted by Gasteiger charge is -2.42. The predicted molar refractivity (Wildman–Crippen MR) is 139 cm³/mol. The van der Waals surface area contributed by atoms with Gasteiger partial charge in [0.2, 0.25) is 15.9 Å². The smallest absolute Gasteiger partial charge is 0.243 e. The summed E-state index contributed by atoms with van der Waals surface area (Å²) < 4.78 is 29.5.